The number of hydrogen-bond acceptors (Lipinski definition) is 1. The largest absolute Gasteiger partial charge is 0.256 e. The molecule has 1 aromatic heterocycles. The van der Waals surface area contributed by atoms with E-state index in [4.69, 9.17) is 0 Å². The second-order valence-corrected chi connectivity index (χ2v) is 6.25. The van der Waals surface area contributed by atoms with Crippen molar-refractivity contribution in [2.75, 3.05) is 0 Å². The van der Waals surface area contributed by atoms with Crippen LogP contribution in [0, 0.1) is 24.6 Å². The van der Waals surface area contributed by atoms with Gasteiger partial charge in [-0.05, 0) is 65.7 Å². The van der Waals surface area contributed by atoms with Crippen LogP contribution >= 0.6 is 0 Å². The summed E-state index contributed by atoms with van der Waals surface area (Å²) < 4.78 is 13.2. The summed E-state index contributed by atoms with van der Waals surface area (Å²) in [5.74, 6) is 6.13. The molecule has 0 bridgehead atoms. The van der Waals surface area contributed by atoms with E-state index in [9.17, 15) is 4.39 Å². The number of rotatable bonds is 1. The van der Waals surface area contributed by atoms with Gasteiger partial charge in [0.2, 0.25) is 0 Å². The van der Waals surface area contributed by atoms with Gasteiger partial charge in [-0.2, -0.15) is 0 Å². The fourth-order valence-corrected chi connectivity index (χ4v) is 2.80. The molecule has 1 heterocycles. The van der Waals surface area contributed by atoms with Crippen molar-refractivity contribution in [3.8, 4) is 23.1 Å². The Kier molecular flexibility index (Phi) is 4.21. The van der Waals surface area contributed by atoms with E-state index in [0.29, 0.717) is 0 Å². The average molecular weight is 337 g/mol. The van der Waals surface area contributed by atoms with E-state index in [-0.39, 0.29) is 5.82 Å². The quantitative estimate of drug-likeness (QED) is 0.403. The molecule has 0 aliphatic rings. The Balaban J connectivity index is 1.58. The van der Waals surface area contributed by atoms with Crippen LogP contribution < -0.4 is 0 Å². The van der Waals surface area contributed by atoms with Crippen LogP contribution in [0.15, 0.2) is 79.0 Å². The molecule has 0 spiro atoms. The zero-order valence-electron chi connectivity index (χ0n) is 14.3. The van der Waals surface area contributed by atoms with Gasteiger partial charge in [0.1, 0.15) is 5.82 Å². The minimum absolute atomic E-state index is 0.223. The Morgan fingerprint density at radius 3 is 2.19 bits per heavy atom. The van der Waals surface area contributed by atoms with Gasteiger partial charge in [0.05, 0.1) is 5.69 Å². The fourth-order valence-electron chi connectivity index (χ4n) is 2.80. The van der Waals surface area contributed by atoms with Crippen LogP contribution in [0.1, 0.15) is 16.7 Å². The van der Waals surface area contributed by atoms with Crippen molar-refractivity contribution in [2.24, 2.45) is 0 Å². The Labute approximate surface area is 152 Å². The first-order valence-corrected chi connectivity index (χ1v) is 8.42. The van der Waals surface area contributed by atoms with E-state index in [2.05, 4.69) is 22.9 Å². The monoisotopic (exact) mass is 337 g/mol. The molecule has 0 amide bonds. The molecule has 0 radical (unpaired) electrons. The maximum atomic E-state index is 13.2. The molecule has 0 aliphatic carbocycles. The molecule has 124 valence electrons. The van der Waals surface area contributed by atoms with Gasteiger partial charge in [-0.3, -0.25) is 4.98 Å². The van der Waals surface area contributed by atoms with Crippen molar-refractivity contribution in [1.82, 2.24) is 4.98 Å². The standard InChI is InChI=1S/C24H16FN/c1-17-2-13-24(26-16-17)20-8-5-18(6-9-20)3-4-19-7-10-22-15-23(25)12-11-21(22)14-19/h2,5-16H,1H3. The molecular formula is C24H16FN. The summed E-state index contributed by atoms with van der Waals surface area (Å²) in [7, 11) is 0. The predicted molar refractivity (Wildman–Crippen MR) is 104 cm³/mol. The second kappa shape index (κ2) is 6.82. The molecule has 0 N–H and O–H groups in total. The number of pyridine rings is 1. The van der Waals surface area contributed by atoms with E-state index in [1.54, 1.807) is 6.07 Å². The Bertz CT molecular complexity index is 1130. The van der Waals surface area contributed by atoms with Crippen LogP contribution in [0.4, 0.5) is 4.39 Å². The topological polar surface area (TPSA) is 12.9 Å². The van der Waals surface area contributed by atoms with Crippen LogP contribution in [0.5, 0.6) is 0 Å². The van der Waals surface area contributed by atoms with E-state index < -0.39 is 0 Å². The third-order valence-electron chi connectivity index (χ3n) is 4.25. The van der Waals surface area contributed by atoms with Gasteiger partial charge in [0.15, 0.2) is 0 Å². The Morgan fingerprint density at radius 2 is 1.42 bits per heavy atom. The minimum atomic E-state index is -0.223. The molecule has 0 atom stereocenters. The maximum Gasteiger partial charge on any atom is 0.123 e. The highest BCUT2D eigenvalue weighted by molar-refractivity contribution is 5.84. The van der Waals surface area contributed by atoms with E-state index >= 15 is 0 Å². The van der Waals surface area contributed by atoms with Crippen molar-refractivity contribution >= 4 is 10.8 Å². The molecule has 0 saturated heterocycles. The van der Waals surface area contributed by atoms with Gasteiger partial charge in [-0.15, -0.1) is 0 Å². The Hall–Kier alpha value is -3.44. The smallest absolute Gasteiger partial charge is 0.123 e. The number of fused-ring (bicyclic) bond motifs is 1. The van der Waals surface area contributed by atoms with Crippen molar-refractivity contribution in [3.63, 3.8) is 0 Å². The van der Waals surface area contributed by atoms with Gasteiger partial charge in [0.25, 0.3) is 0 Å². The summed E-state index contributed by atoms with van der Waals surface area (Å²) in [6.07, 6.45) is 1.87. The molecule has 26 heavy (non-hydrogen) atoms. The number of nitrogens with zero attached hydrogens (tertiary/aromatic N) is 1. The van der Waals surface area contributed by atoms with Gasteiger partial charge in [-0.1, -0.05) is 42.2 Å². The van der Waals surface area contributed by atoms with Crippen LogP contribution in [-0.4, -0.2) is 4.98 Å². The van der Waals surface area contributed by atoms with E-state index in [0.717, 1.165) is 38.7 Å². The summed E-state index contributed by atoms with van der Waals surface area (Å²) >= 11 is 0. The first-order chi connectivity index (χ1) is 12.7. The van der Waals surface area contributed by atoms with Crippen molar-refractivity contribution in [3.05, 3.63) is 102 Å². The molecule has 0 aliphatic heterocycles. The lowest BCUT2D eigenvalue weighted by Gasteiger charge is -2.01. The van der Waals surface area contributed by atoms with Crippen LogP contribution in [0.25, 0.3) is 22.0 Å². The second-order valence-electron chi connectivity index (χ2n) is 6.25. The number of hydrogen-bond donors (Lipinski definition) is 0. The van der Waals surface area contributed by atoms with E-state index in [1.165, 1.54) is 12.1 Å². The zero-order valence-corrected chi connectivity index (χ0v) is 14.3. The SMILES string of the molecule is Cc1ccc(-c2ccc(C#Cc3ccc4cc(F)ccc4c3)cc2)nc1. The number of aromatic nitrogens is 1. The lowest BCUT2D eigenvalue weighted by molar-refractivity contribution is 0.630. The lowest BCUT2D eigenvalue weighted by Crippen LogP contribution is -1.84. The average Bonchev–Trinajstić information content (AvgIpc) is 2.67. The highest BCUT2D eigenvalue weighted by Gasteiger charge is 1.99. The highest BCUT2D eigenvalue weighted by atomic mass is 19.1. The van der Waals surface area contributed by atoms with Crippen molar-refractivity contribution in [2.45, 2.75) is 6.92 Å². The molecule has 0 saturated carbocycles. The van der Waals surface area contributed by atoms with Gasteiger partial charge < -0.3 is 0 Å². The first-order valence-electron chi connectivity index (χ1n) is 8.42. The van der Waals surface area contributed by atoms with Gasteiger partial charge in [-0.25, -0.2) is 4.39 Å². The van der Waals surface area contributed by atoms with Gasteiger partial charge in [0, 0.05) is 22.9 Å². The maximum absolute atomic E-state index is 13.2. The van der Waals surface area contributed by atoms with Crippen molar-refractivity contribution in [1.29, 1.82) is 0 Å². The summed E-state index contributed by atoms with van der Waals surface area (Å²) in [6.45, 7) is 2.03. The summed E-state index contributed by atoms with van der Waals surface area (Å²) in [5, 5.41) is 1.87. The first kappa shape index (κ1) is 16.1. The van der Waals surface area contributed by atoms with Crippen molar-refractivity contribution < 1.29 is 4.39 Å². The molecular weight excluding hydrogens is 321 g/mol. The number of benzene rings is 3. The summed E-state index contributed by atoms with van der Waals surface area (Å²) in [4.78, 5) is 4.44. The third-order valence-corrected chi connectivity index (χ3v) is 4.25. The molecule has 1 nitrogen and oxygen atoms in total. The molecule has 4 rings (SSSR count). The minimum Gasteiger partial charge on any atom is -0.256 e. The van der Waals surface area contributed by atoms with Crippen LogP contribution in [0.3, 0.4) is 0 Å². The predicted octanol–water partition coefficient (Wildman–Crippen LogP) is 5.75. The summed E-state index contributed by atoms with van der Waals surface area (Å²) in [6, 6.07) is 22.7. The van der Waals surface area contributed by atoms with Crippen LogP contribution in [-0.2, 0) is 0 Å². The molecule has 0 unspecified atom stereocenters. The molecule has 0 fully saturated rings. The molecule has 2 heteroatoms. The summed E-state index contributed by atoms with van der Waals surface area (Å²) in [5.41, 5.74) is 5.03. The third kappa shape index (κ3) is 3.48. The Morgan fingerprint density at radius 1 is 0.731 bits per heavy atom. The normalized spacial score (nSPS) is 10.4. The molecule has 4 aromatic rings. The molecule has 3 aromatic carbocycles. The number of aryl methyl sites for hydroxylation is 1. The highest BCUT2D eigenvalue weighted by Crippen LogP contribution is 2.19. The number of halogens is 1. The lowest BCUT2D eigenvalue weighted by atomic mass is 10.1. The van der Waals surface area contributed by atoms with Crippen LogP contribution in [0.2, 0.25) is 0 Å². The van der Waals surface area contributed by atoms with E-state index in [1.807, 2.05) is 61.7 Å². The van der Waals surface area contributed by atoms with Gasteiger partial charge >= 0.3 is 0 Å². The fraction of sp³-hybridized carbons (Fsp3) is 0.0417. The zero-order chi connectivity index (χ0) is 17.9.